The second-order valence-corrected chi connectivity index (χ2v) is 7.23. The van der Waals surface area contributed by atoms with Gasteiger partial charge in [-0.2, -0.15) is 0 Å². The molecule has 0 bridgehead atoms. The molecule has 1 aliphatic rings. The first kappa shape index (κ1) is 19.5. The van der Waals surface area contributed by atoms with Crippen LogP contribution in [-0.4, -0.2) is 50.6 Å². The molecule has 1 amide bonds. The molecule has 0 unspecified atom stereocenters. The molecule has 0 spiro atoms. The van der Waals surface area contributed by atoms with E-state index in [2.05, 4.69) is 28.1 Å². The maximum absolute atomic E-state index is 13.1. The highest BCUT2D eigenvalue weighted by Crippen LogP contribution is 2.30. The molecule has 1 fully saturated rings. The second kappa shape index (κ2) is 8.68. The number of carbonyl (C=O) groups excluding carboxylic acids is 1. The van der Waals surface area contributed by atoms with Gasteiger partial charge in [-0.05, 0) is 24.7 Å². The summed E-state index contributed by atoms with van der Waals surface area (Å²) in [6.45, 7) is 7.52. The molecule has 3 aromatic rings. The number of methoxy groups -OCH3 is 1. The van der Waals surface area contributed by atoms with Crippen molar-refractivity contribution in [3.63, 3.8) is 0 Å². The lowest BCUT2D eigenvalue weighted by Crippen LogP contribution is -2.46. The van der Waals surface area contributed by atoms with Crippen LogP contribution >= 0.6 is 0 Å². The number of carbonyl (C=O) groups is 1. The minimum Gasteiger partial charge on any atom is -0.451 e. The lowest BCUT2D eigenvalue weighted by Gasteiger charge is -2.36. The first-order chi connectivity index (χ1) is 14.2. The molecule has 4 rings (SSSR count). The number of piperazine rings is 1. The summed E-state index contributed by atoms with van der Waals surface area (Å²) in [7, 11) is 1.62. The SMILES string of the molecule is CCN1CCN(c2ccccc2NC(=O)c2oc3ccccc3c2COC)CC1. The van der Waals surface area contributed by atoms with E-state index in [1.807, 2.05) is 42.5 Å². The summed E-state index contributed by atoms with van der Waals surface area (Å²) in [6, 6.07) is 15.6. The number of amides is 1. The highest BCUT2D eigenvalue weighted by atomic mass is 16.5. The quantitative estimate of drug-likeness (QED) is 0.687. The molecule has 0 atom stereocenters. The van der Waals surface area contributed by atoms with Gasteiger partial charge in [0.15, 0.2) is 5.76 Å². The molecular formula is C23H27N3O3. The molecule has 152 valence electrons. The fourth-order valence-electron chi connectivity index (χ4n) is 3.91. The van der Waals surface area contributed by atoms with Crippen molar-refractivity contribution in [1.82, 2.24) is 4.90 Å². The van der Waals surface area contributed by atoms with Gasteiger partial charge in [0.1, 0.15) is 5.58 Å². The summed E-state index contributed by atoms with van der Waals surface area (Å²) in [4.78, 5) is 17.9. The van der Waals surface area contributed by atoms with Gasteiger partial charge in [0.25, 0.3) is 5.91 Å². The van der Waals surface area contributed by atoms with Crippen molar-refractivity contribution in [3.05, 3.63) is 59.9 Å². The molecule has 6 nitrogen and oxygen atoms in total. The Morgan fingerprint density at radius 2 is 1.79 bits per heavy atom. The minimum absolute atomic E-state index is 0.257. The molecule has 29 heavy (non-hydrogen) atoms. The lowest BCUT2D eigenvalue weighted by molar-refractivity contribution is 0.0992. The predicted molar refractivity (Wildman–Crippen MR) is 116 cm³/mol. The van der Waals surface area contributed by atoms with Crippen LogP contribution in [0.3, 0.4) is 0 Å². The van der Waals surface area contributed by atoms with Gasteiger partial charge in [-0.1, -0.05) is 37.3 Å². The number of ether oxygens (including phenoxy) is 1. The molecule has 0 radical (unpaired) electrons. The van der Waals surface area contributed by atoms with Gasteiger partial charge in [-0.3, -0.25) is 4.79 Å². The highest BCUT2D eigenvalue weighted by molar-refractivity contribution is 6.07. The molecule has 2 aromatic carbocycles. The Balaban J connectivity index is 1.60. The Labute approximate surface area is 171 Å². The van der Waals surface area contributed by atoms with Crippen LogP contribution in [0.1, 0.15) is 23.0 Å². The fraction of sp³-hybridized carbons (Fsp3) is 0.348. The van der Waals surface area contributed by atoms with E-state index in [-0.39, 0.29) is 5.91 Å². The van der Waals surface area contributed by atoms with Crippen LogP contribution in [0.4, 0.5) is 11.4 Å². The number of nitrogens with zero attached hydrogens (tertiary/aromatic N) is 2. The zero-order valence-corrected chi connectivity index (χ0v) is 17.0. The average Bonchev–Trinajstić information content (AvgIpc) is 3.13. The Morgan fingerprint density at radius 1 is 1.07 bits per heavy atom. The Bertz CT molecular complexity index is 990. The summed E-state index contributed by atoms with van der Waals surface area (Å²) < 4.78 is 11.2. The summed E-state index contributed by atoms with van der Waals surface area (Å²) >= 11 is 0. The number of benzene rings is 2. The van der Waals surface area contributed by atoms with E-state index >= 15 is 0 Å². The first-order valence-electron chi connectivity index (χ1n) is 10.1. The third kappa shape index (κ3) is 3.99. The minimum atomic E-state index is -0.257. The van der Waals surface area contributed by atoms with Crippen molar-refractivity contribution >= 4 is 28.3 Å². The Morgan fingerprint density at radius 3 is 2.55 bits per heavy atom. The summed E-state index contributed by atoms with van der Waals surface area (Å²) in [5.74, 6) is 0.0477. The molecule has 1 aliphatic heterocycles. The van der Waals surface area contributed by atoms with Gasteiger partial charge in [0.2, 0.25) is 0 Å². The Hall–Kier alpha value is -2.83. The topological polar surface area (TPSA) is 58.0 Å². The number of likely N-dealkylation sites (N-methyl/N-ethyl adjacent to an activating group) is 1. The van der Waals surface area contributed by atoms with Crippen LogP contribution in [0.2, 0.25) is 0 Å². The Kier molecular flexibility index (Phi) is 5.83. The molecule has 1 aromatic heterocycles. The number of fused-ring (bicyclic) bond motifs is 1. The van der Waals surface area contributed by atoms with Gasteiger partial charge in [-0.15, -0.1) is 0 Å². The maximum atomic E-state index is 13.1. The average molecular weight is 393 g/mol. The largest absolute Gasteiger partial charge is 0.451 e. The van der Waals surface area contributed by atoms with Crippen molar-refractivity contribution < 1.29 is 13.9 Å². The van der Waals surface area contributed by atoms with E-state index in [4.69, 9.17) is 9.15 Å². The lowest BCUT2D eigenvalue weighted by atomic mass is 10.1. The second-order valence-electron chi connectivity index (χ2n) is 7.23. The molecular weight excluding hydrogens is 366 g/mol. The van der Waals surface area contributed by atoms with Gasteiger partial charge in [0, 0.05) is 44.2 Å². The van der Waals surface area contributed by atoms with E-state index in [0.29, 0.717) is 18.0 Å². The number of para-hydroxylation sites is 3. The van der Waals surface area contributed by atoms with E-state index in [0.717, 1.165) is 55.0 Å². The standard InChI is InChI=1S/C23H27N3O3/c1-3-25-12-14-26(15-13-25)20-10-6-5-9-19(20)24-23(27)22-18(16-28-2)17-8-4-7-11-21(17)29-22/h4-11H,3,12-16H2,1-2H3,(H,24,27). The van der Waals surface area contributed by atoms with E-state index in [9.17, 15) is 4.79 Å². The molecule has 1 N–H and O–H groups in total. The van der Waals surface area contributed by atoms with E-state index < -0.39 is 0 Å². The number of furan rings is 1. The van der Waals surface area contributed by atoms with Crippen molar-refractivity contribution in [2.45, 2.75) is 13.5 Å². The molecule has 2 heterocycles. The van der Waals surface area contributed by atoms with Crippen molar-refractivity contribution in [2.75, 3.05) is 50.1 Å². The molecule has 0 aliphatic carbocycles. The highest BCUT2D eigenvalue weighted by Gasteiger charge is 2.23. The van der Waals surface area contributed by atoms with E-state index in [1.54, 1.807) is 7.11 Å². The van der Waals surface area contributed by atoms with E-state index in [1.165, 1.54) is 0 Å². The van der Waals surface area contributed by atoms with Crippen LogP contribution < -0.4 is 10.2 Å². The zero-order valence-electron chi connectivity index (χ0n) is 17.0. The van der Waals surface area contributed by atoms with Crippen LogP contribution in [0.15, 0.2) is 52.9 Å². The normalized spacial score (nSPS) is 15.0. The third-order valence-corrected chi connectivity index (χ3v) is 5.51. The predicted octanol–water partition coefficient (Wildman–Crippen LogP) is 3.97. The van der Waals surface area contributed by atoms with Crippen molar-refractivity contribution in [3.8, 4) is 0 Å². The number of hydrogen-bond acceptors (Lipinski definition) is 5. The van der Waals surface area contributed by atoms with Crippen LogP contribution in [-0.2, 0) is 11.3 Å². The van der Waals surface area contributed by atoms with Crippen molar-refractivity contribution in [2.24, 2.45) is 0 Å². The van der Waals surface area contributed by atoms with Gasteiger partial charge in [0.05, 0.1) is 18.0 Å². The number of rotatable bonds is 6. The van der Waals surface area contributed by atoms with Gasteiger partial charge < -0.3 is 24.3 Å². The first-order valence-corrected chi connectivity index (χ1v) is 10.1. The molecule has 0 saturated carbocycles. The molecule has 1 saturated heterocycles. The van der Waals surface area contributed by atoms with Crippen LogP contribution in [0, 0.1) is 0 Å². The summed E-state index contributed by atoms with van der Waals surface area (Å²) in [5.41, 5.74) is 3.30. The van der Waals surface area contributed by atoms with Gasteiger partial charge in [-0.25, -0.2) is 0 Å². The smallest absolute Gasteiger partial charge is 0.291 e. The fourth-order valence-corrected chi connectivity index (χ4v) is 3.91. The number of anilines is 2. The maximum Gasteiger partial charge on any atom is 0.291 e. The summed E-state index contributed by atoms with van der Waals surface area (Å²) in [5, 5.41) is 3.97. The van der Waals surface area contributed by atoms with Crippen LogP contribution in [0.5, 0.6) is 0 Å². The van der Waals surface area contributed by atoms with Crippen LogP contribution in [0.25, 0.3) is 11.0 Å². The monoisotopic (exact) mass is 393 g/mol. The summed E-state index contributed by atoms with van der Waals surface area (Å²) in [6.07, 6.45) is 0. The number of nitrogens with one attached hydrogen (secondary N) is 1. The zero-order chi connectivity index (χ0) is 20.2. The van der Waals surface area contributed by atoms with Gasteiger partial charge >= 0.3 is 0 Å². The van der Waals surface area contributed by atoms with Crippen molar-refractivity contribution in [1.29, 1.82) is 0 Å². The number of hydrogen-bond donors (Lipinski definition) is 1. The third-order valence-electron chi connectivity index (χ3n) is 5.51. The molecule has 6 heteroatoms.